The fourth-order valence-corrected chi connectivity index (χ4v) is 4.96. The van der Waals surface area contributed by atoms with Crippen molar-refractivity contribution in [2.45, 2.75) is 31.6 Å². The average Bonchev–Trinajstić information content (AvgIpc) is 2.77. The molecule has 0 aromatic heterocycles. The number of rotatable bonds is 9. The number of hydrogen-bond donors (Lipinski definition) is 1. The van der Waals surface area contributed by atoms with E-state index in [-0.39, 0.29) is 17.3 Å². The van der Waals surface area contributed by atoms with Gasteiger partial charge in [-0.15, -0.1) is 0 Å². The van der Waals surface area contributed by atoms with E-state index in [9.17, 15) is 13.2 Å². The number of nitrogens with one attached hydrogen (secondary N) is 1. The lowest BCUT2D eigenvalue weighted by atomic mass is 10.1. The summed E-state index contributed by atoms with van der Waals surface area (Å²) in [6.45, 7) is 4.02. The van der Waals surface area contributed by atoms with Crippen LogP contribution in [0.5, 0.6) is 0 Å². The summed E-state index contributed by atoms with van der Waals surface area (Å²) in [5, 5.41) is 2.86. The molecule has 0 atom stereocenters. The van der Waals surface area contributed by atoms with Gasteiger partial charge in [-0.1, -0.05) is 66.2 Å². The van der Waals surface area contributed by atoms with Gasteiger partial charge >= 0.3 is 0 Å². The zero-order valence-corrected chi connectivity index (χ0v) is 18.7. The molecule has 0 heterocycles. The van der Waals surface area contributed by atoms with Crippen molar-refractivity contribution in [3.05, 3.63) is 95.6 Å². The maximum Gasteiger partial charge on any atom is 0.264 e. The SMILES string of the molecule is Cc1ccc(N(CC(=O)NCCCc2ccccc2)S(=O)(=O)c2ccccc2)c(C)c1. The van der Waals surface area contributed by atoms with Gasteiger partial charge in [0, 0.05) is 6.54 Å². The van der Waals surface area contributed by atoms with E-state index in [1.807, 2.05) is 44.2 Å². The van der Waals surface area contributed by atoms with Crippen LogP contribution in [0.3, 0.4) is 0 Å². The molecular weight excluding hydrogens is 408 g/mol. The lowest BCUT2D eigenvalue weighted by Crippen LogP contribution is -2.41. The van der Waals surface area contributed by atoms with E-state index in [1.165, 1.54) is 9.87 Å². The third-order valence-electron chi connectivity index (χ3n) is 5.05. The number of aryl methyl sites for hydroxylation is 3. The Kier molecular flexibility index (Phi) is 7.47. The Labute approximate surface area is 184 Å². The van der Waals surface area contributed by atoms with Crippen LogP contribution in [0.2, 0.25) is 0 Å². The number of nitrogens with zero attached hydrogens (tertiary/aromatic N) is 1. The van der Waals surface area contributed by atoms with Crippen LogP contribution in [0.25, 0.3) is 0 Å². The second kappa shape index (κ2) is 10.3. The molecule has 3 aromatic rings. The first-order valence-corrected chi connectivity index (χ1v) is 11.8. The molecule has 0 aliphatic heterocycles. The van der Waals surface area contributed by atoms with Crippen molar-refractivity contribution in [1.29, 1.82) is 0 Å². The van der Waals surface area contributed by atoms with Crippen LogP contribution in [-0.2, 0) is 21.2 Å². The van der Waals surface area contributed by atoms with Gasteiger partial charge in [0.15, 0.2) is 0 Å². The first-order chi connectivity index (χ1) is 14.9. The van der Waals surface area contributed by atoms with Crippen molar-refractivity contribution < 1.29 is 13.2 Å². The second-order valence-corrected chi connectivity index (χ2v) is 9.42. The maximum absolute atomic E-state index is 13.4. The van der Waals surface area contributed by atoms with Crippen LogP contribution < -0.4 is 9.62 Å². The van der Waals surface area contributed by atoms with E-state index in [2.05, 4.69) is 17.4 Å². The zero-order chi connectivity index (χ0) is 22.3. The Bertz CT molecular complexity index is 1110. The van der Waals surface area contributed by atoms with Gasteiger partial charge in [0.05, 0.1) is 10.6 Å². The van der Waals surface area contributed by atoms with E-state index >= 15 is 0 Å². The van der Waals surface area contributed by atoms with Crippen molar-refractivity contribution in [3.63, 3.8) is 0 Å². The Morgan fingerprint density at radius 3 is 2.19 bits per heavy atom. The standard InChI is InChI=1S/C25H28N2O3S/c1-20-15-16-24(21(2)18-20)27(31(29,30)23-13-7-4-8-14-23)19-25(28)26-17-9-12-22-10-5-3-6-11-22/h3-8,10-11,13-16,18H,9,12,17,19H2,1-2H3,(H,26,28). The molecule has 5 nitrogen and oxygen atoms in total. The van der Waals surface area contributed by atoms with Gasteiger partial charge in [0.25, 0.3) is 10.0 Å². The molecule has 6 heteroatoms. The third-order valence-corrected chi connectivity index (χ3v) is 6.82. The highest BCUT2D eigenvalue weighted by Gasteiger charge is 2.28. The van der Waals surface area contributed by atoms with Gasteiger partial charge in [-0.3, -0.25) is 9.10 Å². The minimum Gasteiger partial charge on any atom is -0.355 e. The van der Waals surface area contributed by atoms with Gasteiger partial charge in [0.2, 0.25) is 5.91 Å². The first kappa shape index (κ1) is 22.6. The summed E-state index contributed by atoms with van der Waals surface area (Å²) in [7, 11) is -3.89. The Morgan fingerprint density at radius 2 is 1.55 bits per heavy atom. The molecule has 1 amide bonds. The Balaban J connectivity index is 1.74. The molecule has 0 aliphatic carbocycles. The summed E-state index contributed by atoms with van der Waals surface area (Å²) < 4.78 is 27.9. The summed E-state index contributed by atoms with van der Waals surface area (Å²) in [6.07, 6.45) is 1.63. The largest absolute Gasteiger partial charge is 0.355 e. The molecule has 31 heavy (non-hydrogen) atoms. The summed E-state index contributed by atoms with van der Waals surface area (Å²) >= 11 is 0. The lowest BCUT2D eigenvalue weighted by molar-refractivity contribution is -0.119. The molecular formula is C25H28N2O3S. The molecule has 0 unspecified atom stereocenters. The first-order valence-electron chi connectivity index (χ1n) is 10.3. The number of hydrogen-bond acceptors (Lipinski definition) is 3. The smallest absolute Gasteiger partial charge is 0.264 e. The monoisotopic (exact) mass is 436 g/mol. The summed E-state index contributed by atoms with van der Waals surface area (Å²) in [6, 6.07) is 23.8. The molecule has 162 valence electrons. The van der Waals surface area contributed by atoms with Crippen LogP contribution in [0.1, 0.15) is 23.1 Å². The van der Waals surface area contributed by atoms with Gasteiger partial charge < -0.3 is 5.32 Å². The fourth-order valence-electron chi connectivity index (χ4n) is 3.46. The zero-order valence-electron chi connectivity index (χ0n) is 17.9. The molecule has 0 bridgehead atoms. The molecule has 0 radical (unpaired) electrons. The van der Waals surface area contributed by atoms with Crippen LogP contribution in [0, 0.1) is 13.8 Å². The predicted octanol–water partition coefficient (Wildman–Crippen LogP) is 4.25. The molecule has 1 N–H and O–H groups in total. The molecule has 3 aromatic carbocycles. The van der Waals surface area contributed by atoms with Crippen molar-refractivity contribution in [3.8, 4) is 0 Å². The molecule has 0 spiro atoms. The highest BCUT2D eigenvalue weighted by atomic mass is 32.2. The second-order valence-electron chi connectivity index (χ2n) is 7.55. The van der Waals surface area contributed by atoms with Gasteiger partial charge in [-0.25, -0.2) is 8.42 Å². The third kappa shape index (κ3) is 5.95. The van der Waals surface area contributed by atoms with Crippen LogP contribution >= 0.6 is 0 Å². The molecule has 0 saturated heterocycles. The highest BCUT2D eigenvalue weighted by Crippen LogP contribution is 2.27. The summed E-state index contributed by atoms with van der Waals surface area (Å²) in [5.74, 6) is -0.326. The molecule has 3 rings (SSSR count). The predicted molar refractivity (Wildman–Crippen MR) is 125 cm³/mol. The Morgan fingerprint density at radius 1 is 0.903 bits per heavy atom. The van der Waals surface area contributed by atoms with Gasteiger partial charge in [0.1, 0.15) is 6.54 Å². The number of amides is 1. The fraction of sp³-hybridized carbons (Fsp3) is 0.240. The van der Waals surface area contributed by atoms with Crippen molar-refractivity contribution in [2.24, 2.45) is 0 Å². The number of anilines is 1. The number of carbonyl (C=O) groups is 1. The van der Waals surface area contributed by atoms with E-state index in [0.717, 1.165) is 24.0 Å². The minimum atomic E-state index is -3.89. The lowest BCUT2D eigenvalue weighted by Gasteiger charge is -2.26. The number of sulfonamides is 1. The van der Waals surface area contributed by atoms with Crippen LogP contribution in [-0.4, -0.2) is 27.4 Å². The molecule has 0 saturated carbocycles. The number of carbonyl (C=O) groups excluding carboxylic acids is 1. The summed E-state index contributed by atoms with van der Waals surface area (Å²) in [5.41, 5.74) is 3.55. The van der Waals surface area contributed by atoms with E-state index < -0.39 is 10.0 Å². The van der Waals surface area contributed by atoms with Crippen LogP contribution in [0.15, 0.2) is 83.8 Å². The van der Waals surface area contributed by atoms with Crippen LogP contribution in [0.4, 0.5) is 5.69 Å². The van der Waals surface area contributed by atoms with Crippen molar-refractivity contribution in [2.75, 3.05) is 17.4 Å². The number of benzene rings is 3. The minimum absolute atomic E-state index is 0.159. The van der Waals surface area contributed by atoms with E-state index in [1.54, 1.807) is 36.4 Å². The Hall–Kier alpha value is -3.12. The van der Waals surface area contributed by atoms with Gasteiger partial charge in [-0.05, 0) is 56.0 Å². The van der Waals surface area contributed by atoms with Gasteiger partial charge in [-0.2, -0.15) is 0 Å². The topological polar surface area (TPSA) is 66.5 Å². The highest BCUT2D eigenvalue weighted by molar-refractivity contribution is 7.92. The molecule has 0 aliphatic rings. The van der Waals surface area contributed by atoms with Crippen molar-refractivity contribution >= 4 is 21.6 Å². The normalized spacial score (nSPS) is 11.2. The molecule has 0 fully saturated rings. The quantitative estimate of drug-likeness (QED) is 0.510. The maximum atomic E-state index is 13.4. The van der Waals surface area contributed by atoms with E-state index in [4.69, 9.17) is 0 Å². The van der Waals surface area contributed by atoms with Crippen molar-refractivity contribution in [1.82, 2.24) is 5.32 Å². The van der Waals surface area contributed by atoms with E-state index in [0.29, 0.717) is 12.2 Å². The average molecular weight is 437 g/mol. The summed E-state index contributed by atoms with van der Waals surface area (Å²) in [4.78, 5) is 12.8.